The second-order valence-corrected chi connectivity index (χ2v) is 7.89. The van der Waals surface area contributed by atoms with Crippen LogP contribution in [-0.4, -0.2) is 40.9 Å². The molecule has 0 saturated heterocycles. The number of nitrogens with zero attached hydrogens (tertiary/aromatic N) is 2. The maximum absolute atomic E-state index is 12.7. The lowest BCUT2D eigenvalue weighted by Gasteiger charge is -2.27. The van der Waals surface area contributed by atoms with Crippen molar-refractivity contribution in [2.75, 3.05) is 18.0 Å². The van der Waals surface area contributed by atoms with Gasteiger partial charge in [-0.3, -0.25) is 14.4 Å². The van der Waals surface area contributed by atoms with Gasteiger partial charge in [0.1, 0.15) is 5.92 Å². The van der Waals surface area contributed by atoms with E-state index in [1.54, 1.807) is 40.5 Å². The van der Waals surface area contributed by atoms with E-state index in [2.05, 4.69) is 6.07 Å². The van der Waals surface area contributed by atoms with Crippen LogP contribution in [0.15, 0.2) is 35.7 Å². The van der Waals surface area contributed by atoms with Crippen molar-refractivity contribution >= 4 is 34.8 Å². The Balaban J connectivity index is 1.39. The first-order valence-electron chi connectivity index (χ1n) is 8.99. The van der Waals surface area contributed by atoms with Crippen molar-refractivity contribution in [3.63, 3.8) is 0 Å². The summed E-state index contributed by atoms with van der Waals surface area (Å²) >= 11 is 1.72. The molecule has 1 unspecified atom stereocenters. The van der Waals surface area contributed by atoms with Crippen molar-refractivity contribution in [1.29, 1.82) is 0 Å². The van der Waals surface area contributed by atoms with Crippen molar-refractivity contribution < 1.29 is 19.5 Å². The van der Waals surface area contributed by atoms with Crippen molar-refractivity contribution in [3.05, 3.63) is 51.7 Å². The van der Waals surface area contributed by atoms with Crippen LogP contribution >= 0.6 is 11.3 Å². The molecule has 2 aliphatic rings. The molecular weight excluding hydrogens is 364 g/mol. The molecule has 3 heterocycles. The van der Waals surface area contributed by atoms with Crippen molar-refractivity contribution in [2.24, 2.45) is 0 Å². The molecule has 1 aromatic heterocycles. The van der Waals surface area contributed by atoms with Crippen LogP contribution in [0.5, 0.6) is 0 Å². The van der Waals surface area contributed by atoms with Crippen LogP contribution in [0.3, 0.4) is 0 Å². The molecule has 0 fully saturated rings. The molecule has 0 bridgehead atoms. The molecule has 1 aromatic carbocycles. The first kappa shape index (κ1) is 17.7. The Hall–Kier alpha value is -2.67. The molecule has 0 spiro atoms. The molecule has 2 aliphatic heterocycles. The molecule has 0 saturated carbocycles. The monoisotopic (exact) mass is 384 g/mol. The summed E-state index contributed by atoms with van der Waals surface area (Å²) in [4.78, 5) is 41.4. The number of para-hydroxylation sites is 1. The molecule has 7 heteroatoms. The van der Waals surface area contributed by atoms with E-state index in [1.165, 1.54) is 15.3 Å². The summed E-state index contributed by atoms with van der Waals surface area (Å²) < 4.78 is 0. The first-order chi connectivity index (χ1) is 13.0. The SMILES string of the molecule is O=C(O)C1CN(C(=O)CCC(=O)N2CCc3sccc3C2)c2ccccc21. The Morgan fingerprint density at radius 1 is 1.11 bits per heavy atom. The van der Waals surface area contributed by atoms with E-state index in [0.29, 0.717) is 24.3 Å². The van der Waals surface area contributed by atoms with E-state index in [0.717, 1.165) is 6.42 Å². The van der Waals surface area contributed by atoms with Crippen LogP contribution in [0.25, 0.3) is 0 Å². The van der Waals surface area contributed by atoms with Gasteiger partial charge in [-0.25, -0.2) is 0 Å². The second kappa shape index (κ2) is 7.15. The summed E-state index contributed by atoms with van der Waals surface area (Å²) in [6, 6.07) is 9.14. The lowest BCUT2D eigenvalue weighted by atomic mass is 10.0. The van der Waals surface area contributed by atoms with Crippen LogP contribution in [0.2, 0.25) is 0 Å². The van der Waals surface area contributed by atoms with E-state index in [1.807, 2.05) is 5.38 Å². The highest BCUT2D eigenvalue weighted by atomic mass is 32.1. The van der Waals surface area contributed by atoms with Crippen molar-refractivity contribution in [3.8, 4) is 0 Å². The van der Waals surface area contributed by atoms with Crippen LogP contribution < -0.4 is 4.90 Å². The Labute approximate surface area is 161 Å². The van der Waals surface area contributed by atoms with E-state index >= 15 is 0 Å². The largest absolute Gasteiger partial charge is 0.481 e. The molecule has 0 aliphatic carbocycles. The van der Waals surface area contributed by atoms with Gasteiger partial charge in [-0.15, -0.1) is 11.3 Å². The number of hydrogen-bond donors (Lipinski definition) is 1. The fourth-order valence-corrected chi connectivity index (χ4v) is 4.71. The quantitative estimate of drug-likeness (QED) is 0.879. The van der Waals surface area contributed by atoms with Gasteiger partial charge < -0.3 is 14.9 Å². The average Bonchev–Trinajstić information content (AvgIpc) is 3.29. The maximum atomic E-state index is 12.7. The number of carboxylic acids is 1. The van der Waals surface area contributed by atoms with Gasteiger partial charge in [0, 0.05) is 43.0 Å². The number of anilines is 1. The maximum Gasteiger partial charge on any atom is 0.312 e. The summed E-state index contributed by atoms with van der Waals surface area (Å²) in [5.74, 6) is -1.87. The standard InChI is InChI=1S/C20H20N2O4S/c23-18(21-9-7-17-13(11-21)8-10-27-17)5-6-19(24)22-12-15(20(25)26)14-3-1-2-4-16(14)22/h1-4,8,10,15H,5-7,9,11-12H2,(H,25,26). The van der Waals surface area contributed by atoms with Gasteiger partial charge in [0.2, 0.25) is 11.8 Å². The first-order valence-corrected chi connectivity index (χ1v) is 9.87. The third-order valence-electron chi connectivity index (χ3n) is 5.28. The summed E-state index contributed by atoms with van der Waals surface area (Å²) in [6.07, 6.45) is 1.10. The van der Waals surface area contributed by atoms with Gasteiger partial charge in [0.15, 0.2) is 0 Å². The molecule has 140 valence electrons. The molecule has 1 atom stereocenters. The van der Waals surface area contributed by atoms with Crippen molar-refractivity contribution in [1.82, 2.24) is 4.90 Å². The lowest BCUT2D eigenvalue weighted by Crippen LogP contribution is -2.37. The zero-order valence-electron chi connectivity index (χ0n) is 14.8. The average molecular weight is 384 g/mol. The minimum atomic E-state index is -0.936. The third-order valence-corrected chi connectivity index (χ3v) is 6.30. The number of fused-ring (bicyclic) bond motifs is 2. The van der Waals surface area contributed by atoms with Gasteiger partial charge in [-0.05, 0) is 35.1 Å². The summed E-state index contributed by atoms with van der Waals surface area (Å²) in [7, 11) is 0. The molecule has 27 heavy (non-hydrogen) atoms. The predicted octanol–water partition coefficient (Wildman–Crippen LogP) is 2.63. The van der Waals surface area contributed by atoms with Gasteiger partial charge in [0.05, 0.1) is 0 Å². The fourth-order valence-electron chi connectivity index (χ4n) is 3.82. The molecule has 1 N–H and O–H groups in total. The molecule has 2 aromatic rings. The highest BCUT2D eigenvalue weighted by molar-refractivity contribution is 7.10. The van der Waals surface area contributed by atoms with Gasteiger partial charge >= 0.3 is 5.97 Å². The minimum absolute atomic E-state index is 0.0255. The zero-order chi connectivity index (χ0) is 19.0. The number of amides is 2. The summed E-state index contributed by atoms with van der Waals surface area (Å²) in [5.41, 5.74) is 2.50. The number of carbonyl (C=O) groups is 3. The van der Waals surface area contributed by atoms with Crippen LogP contribution in [0, 0.1) is 0 Å². The van der Waals surface area contributed by atoms with Crippen LogP contribution in [-0.2, 0) is 27.3 Å². The van der Waals surface area contributed by atoms with Gasteiger partial charge in [-0.2, -0.15) is 0 Å². The summed E-state index contributed by atoms with van der Waals surface area (Å²) in [5, 5.41) is 11.5. The molecule has 0 radical (unpaired) electrons. The molecular formula is C20H20N2O4S. The Bertz CT molecular complexity index is 907. The van der Waals surface area contributed by atoms with E-state index in [9.17, 15) is 19.5 Å². The number of hydrogen-bond acceptors (Lipinski definition) is 4. The number of carbonyl (C=O) groups excluding carboxylic acids is 2. The van der Waals surface area contributed by atoms with Gasteiger partial charge in [0.25, 0.3) is 0 Å². The van der Waals surface area contributed by atoms with Crippen LogP contribution in [0.4, 0.5) is 5.69 Å². The Morgan fingerprint density at radius 2 is 1.89 bits per heavy atom. The van der Waals surface area contributed by atoms with Crippen LogP contribution in [0.1, 0.15) is 34.8 Å². The normalized spacial score (nSPS) is 18.1. The number of benzene rings is 1. The van der Waals surface area contributed by atoms with Gasteiger partial charge in [-0.1, -0.05) is 18.2 Å². The number of rotatable bonds is 4. The number of carboxylic acid groups (broad SMARTS) is 1. The van der Waals surface area contributed by atoms with E-state index in [4.69, 9.17) is 0 Å². The third kappa shape index (κ3) is 3.35. The smallest absolute Gasteiger partial charge is 0.312 e. The highest BCUT2D eigenvalue weighted by Gasteiger charge is 2.36. The number of aliphatic carboxylic acids is 1. The molecule has 4 rings (SSSR count). The minimum Gasteiger partial charge on any atom is -0.481 e. The zero-order valence-corrected chi connectivity index (χ0v) is 15.6. The lowest BCUT2D eigenvalue weighted by molar-refractivity contribution is -0.138. The highest BCUT2D eigenvalue weighted by Crippen LogP contribution is 2.36. The summed E-state index contributed by atoms with van der Waals surface area (Å²) in [6.45, 7) is 1.43. The van der Waals surface area contributed by atoms with Crippen molar-refractivity contribution in [2.45, 2.75) is 31.7 Å². The topological polar surface area (TPSA) is 77.9 Å². The molecule has 6 nitrogen and oxygen atoms in total. The molecule has 2 amide bonds. The predicted molar refractivity (Wildman–Crippen MR) is 102 cm³/mol. The Morgan fingerprint density at radius 3 is 2.70 bits per heavy atom. The Kier molecular flexibility index (Phi) is 4.70. The van der Waals surface area contributed by atoms with E-state index in [-0.39, 0.29) is 31.2 Å². The second-order valence-electron chi connectivity index (χ2n) is 6.89. The fraction of sp³-hybridized carbons (Fsp3) is 0.350. The number of thiophene rings is 1. The van der Waals surface area contributed by atoms with E-state index < -0.39 is 11.9 Å².